The summed E-state index contributed by atoms with van der Waals surface area (Å²) in [6, 6.07) is 5.58. The molecule has 1 aromatic carbocycles. The predicted octanol–water partition coefficient (Wildman–Crippen LogP) is 4.04. The Morgan fingerprint density at radius 3 is 2.71 bits per heavy atom. The summed E-state index contributed by atoms with van der Waals surface area (Å²) in [5.41, 5.74) is 0. The van der Waals surface area contributed by atoms with Crippen molar-refractivity contribution < 1.29 is 9.47 Å². The fourth-order valence-corrected chi connectivity index (χ4v) is 3.33. The maximum atomic E-state index is 6.11. The third-order valence-electron chi connectivity index (χ3n) is 3.66. The van der Waals surface area contributed by atoms with Gasteiger partial charge in [-0.15, -0.1) is 6.58 Å². The van der Waals surface area contributed by atoms with Crippen LogP contribution < -0.4 is 4.74 Å². The second kappa shape index (κ2) is 8.04. The van der Waals surface area contributed by atoms with Crippen LogP contribution in [0.2, 0.25) is 10.0 Å². The van der Waals surface area contributed by atoms with Gasteiger partial charge < -0.3 is 9.47 Å². The maximum absolute atomic E-state index is 6.11. The van der Waals surface area contributed by atoms with Gasteiger partial charge in [0.05, 0.1) is 6.61 Å². The Balaban J connectivity index is 2.12. The first-order valence-corrected chi connectivity index (χ1v) is 7.86. The van der Waals surface area contributed by atoms with Gasteiger partial charge in [0.25, 0.3) is 0 Å². The molecule has 116 valence electrons. The Labute approximate surface area is 136 Å². The van der Waals surface area contributed by atoms with Crippen molar-refractivity contribution in [3.05, 3.63) is 40.9 Å². The van der Waals surface area contributed by atoms with Gasteiger partial charge in [0.2, 0.25) is 0 Å². The quantitative estimate of drug-likeness (QED) is 0.705. The highest BCUT2D eigenvalue weighted by Gasteiger charge is 2.32. The highest BCUT2D eigenvalue weighted by Crippen LogP contribution is 2.28. The molecule has 1 aliphatic rings. The van der Waals surface area contributed by atoms with Crippen molar-refractivity contribution >= 4 is 23.2 Å². The fraction of sp³-hybridized carbons (Fsp3) is 0.500. The lowest BCUT2D eigenvalue weighted by molar-refractivity contribution is 0.0294. The van der Waals surface area contributed by atoms with E-state index in [0.717, 1.165) is 19.5 Å². The van der Waals surface area contributed by atoms with Crippen LogP contribution in [0.3, 0.4) is 0 Å². The van der Waals surface area contributed by atoms with Crippen LogP contribution in [0.4, 0.5) is 0 Å². The molecular weight excluding hydrogens is 309 g/mol. The lowest BCUT2D eigenvalue weighted by Gasteiger charge is -2.31. The van der Waals surface area contributed by atoms with Crippen LogP contribution in [-0.4, -0.2) is 43.9 Å². The molecular formula is C16H21Cl2NO2. The van der Waals surface area contributed by atoms with Crippen LogP contribution in [0.25, 0.3) is 0 Å². The minimum atomic E-state index is -0.0491. The molecule has 1 fully saturated rings. The first-order chi connectivity index (χ1) is 10.1. The first kappa shape index (κ1) is 16.6. The van der Waals surface area contributed by atoms with E-state index in [2.05, 4.69) is 11.5 Å². The molecule has 0 bridgehead atoms. The largest absolute Gasteiger partial charge is 0.486 e. The van der Waals surface area contributed by atoms with E-state index in [1.54, 1.807) is 25.3 Å². The Hall–Kier alpha value is -0.740. The molecule has 21 heavy (non-hydrogen) atoms. The summed E-state index contributed by atoms with van der Waals surface area (Å²) in [7, 11) is 1.69. The fourth-order valence-electron chi connectivity index (χ4n) is 2.82. The lowest BCUT2D eigenvalue weighted by atomic mass is 10.1. The van der Waals surface area contributed by atoms with Gasteiger partial charge in [-0.2, -0.15) is 0 Å². The van der Waals surface area contributed by atoms with Gasteiger partial charge in [-0.25, -0.2) is 0 Å². The van der Waals surface area contributed by atoms with Gasteiger partial charge in [-0.3, -0.25) is 4.90 Å². The molecule has 1 saturated heterocycles. The van der Waals surface area contributed by atoms with Crippen LogP contribution in [0.5, 0.6) is 5.75 Å². The smallest absolute Gasteiger partial charge is 0.137 e. The number of nitrogens with zero attached hydrogens (tertiary/aromatic N) is 1. The SMILES string of the molecule is C=CCN1CCCC1C(COC)Oc1cc(Cl)cc(Cl)c1. The summed E-state index contributed by atoms with van der Waals surface area (Å²) in [6.07, 6.45) is 4.14. The van der Waals surface area contributed by atoms with Crippen LogP contribution >= 0.6 is 23.2 Å². The molecule has 5 heteroatoms. The lowest BCUT2D eigenvalue weighted by Crippen LogP contribution is -2.44. The molecule has 1 aromatic rings. The monoisotopic (exact) mass is 329 g/mol. The molecule has 0 spiro atoms. The van der Waals surface area contributed by atoms with E-state index in [-0.39, 0.29) is 6.10 Å². The van der Waals surface area contributed by atoms with Gasteiger partial charge in [-0.05, 0) is 37.6 Å². The third-order valence-corrected chi connectivity index (χ3v) is 4.10. The molecule has 2 atom stereocenters. The van der Waals surface area contributed by atoms with E-state index >= 15 is 0 Å². The number of ether oxygens (including phenoxy) is 2. The van der Waals surface area contributed by atoms with Crippen molar-refractivity contribution in [2.45, 2.75) is 25.0 Å². The number of benzene rings is 1. The summed E-state index contributed by atoms with van der Waals surface area (Å²) in [5.74, 6) is 0.681. The van der Waals surface area contributed by atoms with Gasteiger partial charge >= 0.3 is 0 Å². The minimum absolute atomic E-state index is 0.0491. The average molecular weight is 330 g/mol. The molecule has 1 heterocycles. The zero-order valence-corrected chi connectivity index (χ0v) is 13.7. The van der Waals surface area contributed by atoms with Gasteiger partial charge in [-0.1, -0.05) is 29.3 Å². The van der Waals surface area contributed by atoms with Crippen molar-refractivity contribution in [2.75, 3.05) is 26.8 Å². The Bertz CT molecular complexity index is 461. The highest BCUT2D eigenvalue weighted by atomic mass is 35.5. The molecule has 0 N–H and O–H groups in total. The maximum Gasteiger partial charge on any atom is 0.137 e. The summed E-state index contributed by atoms with van der Waals surface area (Å²) in [4.78, 5) is 2.38. The van der Waals surface area contributed by atoms with E-state index in [1.165, 1.54) is 6.42 Å². The van der Waals surface area contributed by atoms with E-state index in [0.29, 0.717) is 28.4 Å². The van der Waals surface area contributed by atoms with Gasteiger partial charge in [0.1, 0.15) is 11.9 Å². The van der Waals surface area contributed by atoms with Gasteiger partial charge in [0.15, 0.2) is 0 Å². The Morgan fingerprint density at radius 2 is 2.10 bits per heavy atom. The summed E-state index contributed by atoms with van der Waals surface area (Å²) >= 11 is 12.1. The van der Waals surface area contributed by atoms with Crippen molar-refractivity contribution in [3.8, 4) is 5.75 Å². The van der Waals surface area contributed by atoms with Crippen LogP contribution in [-0.2, 0) is 4.74 Å². The standard InChI is InChI=1S/C16H21Cl2NO2/c1-3-6-19-7-4-5-15(19)16(11-20-2)21-14-9-12(17)8-13(18)10-14/h3,8-10,15-16H,1,4-7,11H2,2H3. The summed E-state index contributed by atoms with van der Waals surface area (Å²) in [6.45, 7) is 6.28. The molecule has 0 saturated carbocycles. The Morgan fingerprint density at radius 1 is 1.38 bits per heavy atom. The normalized spacial score (nSPS) is 20.4. The number of methoxy groups -OCH3 is 1. The van der Waals surface area contributed by atoms with E-state index in [4.69, 9.17) is 32.7 Å². The van der Waals surface area contributed by atoms with Gasteiger partial charge in [0, 0.05) is 29.7 Å². The summed E-state index contributed by atoms with van der Waals surface area (Å²) < 4.78 is 11.4. The van der Waals surface area contributed by atoms with Crippen molar-refractivity contribution in [2.24, 2.45) is 0 Å². The predicted molar refractivity (Wildman–Crippen MR) is 87.5 cm³/mol. The molecule has 0 aromatic heterocycles. The number of hydrogen-bond donors (Lipinski definition) is 0. The van der Waals surface area contributed by atoms with Crippen molar-refractivity contribution in [1.29, 1.82) is 0 Å². The van der Waals surface area contributed by atoms with Crippen LogP contribution in [0, 0.1) is 0 Å². The highest BCUT2D eigenvalue weighted by molar-refractivity contribution is 6.34. The third kappa shape index (κ3) is 4.62. The summed E-state index contributed by atoms with van der Waals surface area (Å²) in [5, 5.41) is 1.14. The van der Waals surface area contributed by atoms with E-state index < -0.39 is 0 Å². The average Bonchev–Trinajstić information content (AvgIpc) is 2.86. The molecule has 0 radical (unpaired) electrons. The van der Waals surface area contributed by atoms with E-state index in [1.807, 2.05) is 6.08 Å². The Kier molecular flexibility index (Phi) is 6.37. The number of halogens is 2. The molecule has 2 rings (SSSR count). The van der Waals surface area contributed by atoms with E-state index in [9.17, 15) is 0 Å². The van der Waals surface area contributed by atoms with Crippen molar-refractivity contribution in [1.82, 2.24) is 4.90 Å². The molecule has 1 aliphatic heterocycles. The van der Waals surface area contributed by atoms with Crippen molar-refractivity contribution in [3.63, 3.8) is 0 Å². The minimum Gasteiger partial charge on any atom is -0.486 e. The number of likely N-dealkylation sites (tertiary alicyclic amines) is 1. The number of rotatable bonds is 7. The molecule has 3 nitrogen and oxygen atoms in total. The first-order valence-electron chi connectivity index (χ1n) is 7.10. The molecule has 0 amide bonds. The molecule has 0 aliphatic carbocycles. The zero-order chi connectivity index (χ0) is 15.2. The molecule has 2 unspecified atom stereocenters. The van der Waals surface area contributed by atoms with Crippen LogP contribution in [0.15, 0.2) is 30.9 Å². The second-order valence-electron chi connectivity index (χ2n) is 5.21. The topological polar surface area (TPSA) is 21.7 Å². The zero-order valence-electron chi connectivity index (χ0n) is 12.2. The van der Waals surface area contributed by atoms with Crippen LogP contribution in [0.1, 0.15) is 12.8 Å². The number of hydrogen-bond acceptors (Lipinski definition) is 3. The second-order valence-corrected chi connectivity index (χ2v) is 6.08.